The molecule has 0 amide bonds. The third-order valence-electron chi connectivity index (χ3n) is 3.36. The third kappa shape index (κ3) is 5.27. The van der Waals surface area contributed by atoms with E-state index >= 15 is 0 Å². The van der Waals surface area contributed by atoms with Gasteiger partial charge in [0.25, 0.3) is 0 Å². The summed E-state index contributed by atoms with van der Waals surface area (Å²) in [7, 11) is 3.29. The number of nitrogens with zero attached hydrogens (tertiary/aromatic N) is 2. The summed E-state index contributed by atoms with van der Waals surface area (Å²) in [6.45, 7) is 0.592. The first-order valence-corrected chi connectivity index (χ1v) is 9.71. The van der Waals surface area contributed by atoms with Gasteiger partial charge >= 0.3 is 0 Å². The molecule has 0 atom stereocenters. The van der Waals surface area contributed by atoms with Crippen molar-refractivity contribution in [3.63, 3.8) is 0 Å². The van der Waals surface area contributed by atoms with Crippen LogP contribution in [0.4, 0.5) is 10.8 Å². The number of anilines is 2. The summed E-state index contributed by atoms with van der Waals surface area (Å²) in [6.07, 6.45) is 0. The van der Waals surface area contributed by atoms with Crippen LogP contribution in [-0.2, 0) is 0 Å². The Morgan fingerprint density at radius 2 is 1.73 bits per heavy atom. The highest BCUT2D eigenvalue weighted by atomic mass is 32.2. The van der Waals surface area contributed by atoms with Gasteiger partial charge in [0.2, 0.25) is 5.13 Å². The summed E-state index contributed by atoms with van der Waals surface area (Å²) in [5.41, 5.74) is 0.917. The van der Waals surface area contributed by atoms with E-state index in [9.17, 15) is 0 Å². The van der Waals surface area contributed by atoms with Crippen molar-refractivity contribution in [1.29, 1.82) is 0 Å². The number of hydrogen-bond acceptors (Lipinski definition) is 8. The van der Waals surface area contributed by atoms with E-state index in [0.717, 1.165) is 38.2 Å². The van der Waals surface area contributed by atoms with E-state index < -0.39 is 0 Å². The molecular formula is C18H19N3O3S2. The van der Waals surface area contributed by atoms with Crippen LogP contribution in [0.15, 0.2) is 52.9 Å². The highest BCUT2D eigenvalue weighted by molar-refractivity contribution is 8.01. The zero-order valence-electron chi connectivity index (χ0n) is 14.5. The molecule has 2 aromatic carbocycles. The summed E-state index contributed by atoms with van der Waals surface area (Å²) in [6, 6.07) is 15.2. The van der Waals surface area contributed by atoms with Gasteiger partial charge in [-0.2, -0.15) is 0 Å². The van der Waals surface area contributed by atoms with Crippen molar-refractivity contribution < 1.29 is 14.2 Å². The van der Waals surface area contributed by atoms with Gasteiger partial charge in [0, 0.05) is 17.5 Å². The molecule has 3 rings (SSSR count). The molecule has 0 aliphatic rings. The van der Waals surface area contributed by atoms with Crippen LogP contribution in [-0.4, -0.2) is 36.8 Å². The second-order valence-electron chi connectivity index (χ2n) is 5.10. The van der Waals surface area contributed by atoms with Gasteiger partial charge < -0.3 is 19.5 Å². The number of thioether (sulfide) groups is 1. The van der Waals surface area contributed by atoms with Crippen LogP contribution >= 0.6 is 23.1 Å². The van der Waals surface area contributed by atoms with Crippen molar-refractivity contribution in [2.24, 2.45) is 0 Å². The Labute approximate surface area is 160 Å². The average molecular weight is 390 g/mol. The number of methoxy groups -OCH3 is 2. The predicted molar refractivity (Wildman–Crippen MR) is 105 cm³/mol. The van der Waals surface area contributed by atoms with E-state index in [0.29, 0.717) is 6.61 Å². The highest BCUT2D eigenvalue weighted by Crippen LogP contribution is 2.28. The molecule has 0 fully saturated rings. The number of ether oxygens (including phenoxy) is 3. The molecule has 0 saturated carbocycles. The lowest BCUT2D eigenvalue weighted by Crippen LogP contribution is -1.99. The summed E-state index contributed by atoms with van der Waals surface area (Å²) in [4.78, 5) is 0. The summed E-state index contributed by atoms with van der Waals surface area (Å²) in [5.74, 6) is 3.23. The molecule has 0 unspecified atom stereocenters. The predicted octanol–water partition coefficient (Wildman–Crippen LogP) is 4.47. The number of nitrogens with one attached hydrogen (secondary N) is 1. The molecule has 0 saturated heterocycles. The van der Waals surface area contributed by atoms with Crippen molar-refractivity contribution in [2.45, 2.75) is 4.34 Å². The standard InChI is InChI=1S/C18H19N3O3S2/c1-22-14-6-8-15(9-7-14)24-10-11-25-18-21-20-17(26-18)19-13-4-3-5-16(12-13)23-2/h3-9,12H,10-11H2,1-2H3,(H,19,20). The third-order valence-corrected chi connectivity index (χ3v) is 5.30. The van der Waals surface area contributed by atoms with Crippen LogP contribution in [0.2, 0.25) is 0 Å². The monoisotopic (exact) mass is 389 g/mol. The van der Waals surface area contributed by atoms with E-state index in [-0.39, 0.29) is 0 Å². The minimum absolute atomic E-state index is 0.592. The van der Waals surface area contributed by atoms with Gasteiger partial charge in [0.1, 0.15) is 17.2 Å². The average Bonchev–Trinajstić information content (AvgIpc) is 3.13. The van der Waals surface area contributed by atoms with Gasteiger partial charge in [-0.3, -0.25) is 0 Å². The lowest BCUT2D eigenvalue weighted by Gasteiger charge is -2.06. The second kappa shape index (κ2) is 9.30. The Hall–Kier alpha value is -2.45. The zero-order valence-corrected chi connectivity index (χ0v) is 16.1. The molecule has 136 valence electrons. The molecule has 26 heavy (non-hydrogen) atoms. The molecule has 0 spiro atoms. The van der Waals surface area contributed by atoms with E-state index in [1.807, 2.05) is 48.5 Å². The summed E-state index contributed by atoms with van der Waals surface area (Å²) in [5, 5.41) is 12.3. The fraction of sp³-hybridized carbons (Fsp3) is 0.222. The van der Waals surface area contributed by atoms with Gasteiger partial charge in [-0.1, -0.05) is 29.2 Å². The van der Waals surface area contributed by atoms with Crippen molar-refractivity contribution in [2.75, 3.05) is 31.9 Å². The maximum absolute atomic E-state index is 5.71. The van der Waals surface area contributed by atoms with Crippen molar-refractivity contribution in [1.82, 2.24) is 10.2 Å². The molecule has 1 N–H and O–H groups in total. The molecule has 1 aromatic heterocycles. The number of benzene rings is 2. The molecule has 0 aliphatic carbocycles. The van der Waals surface area contributed by atoms with E-state index in [2.05, 4.69) is 15.5 Å². The first-order chi connectivity index (χ1) is 12.8. The first kappa shape index (κ1) is 18.3. The van der Waals surface area contributed by atoms with Crippen LogP contribution < -0.4 is 19.5 Å². The molecule has 0 bridgehead atoms. The van der Waals surface area contributed by atoms with E-state index in [1.165, 1.54) is 11.3 Å². The highest BCUT2D eigenvalue weighted by Gasteiger charge is 2.06. The van der Waals surface area contributed by atoms with E-state index in [4.69, 9.17) is 14.2 Å². The lowest BCUT2D eigenvalue weighted by atomic mass is 10.3. The SMILES string of the molecule is COc1ccc(OCCSc2nnc(Nc3cccc(OC)c3)s2)cc1. The van der Waals surface area contributed by atoms with Gasteiger partial charge in [0.05, 0.1) is 20.8 Å². The van der Waals surface area contributed by atoms with Crippen LogP contribution in [0.1, 0.15) is 0 Å². The van der Waals surface area contributed by atoms with Crippen LogP contribution in [0.3, 0.4) is 0 Å². The molecule has 1 heterocycles. The first-order valence-electron chi connectivity index (χ1n) is 7.91. The minimum atomic E-state index is 0.592. The van der Waals surface area contributed by atoms with Crippen LogP contribution in [0.5, 0.6) is 17.2 Å². The Morgan fingerprint density at radius 1 is 0.962 bits per heavy atom. The van der Waals surface area contributed by atoms with Gasteiger partial charge in [-0.15, -0.1) is 10.2 Å². The van der Waals surface area contributed by atoms with Gasteiger partial charge in [-0.05, 0) is 36.4 Å². The zero-order chi connectivity index (χ0) is 18.2. The fourth-order valence-electron chi connectivity index (χ4n) is 2.10. The molecule has 0 radical (unpaired) electrons. The Balaban J connectivity index is 1.44. The Kier molecular flexibility index (Phi) is 6.56. The van der Waals surface area contributed by atoms with Crippen LogP contribution in [0, 0.1) is 0 Å². The maximum Gasteiger partial charge on any atom is 0.210 e. The molecule has 0 aliphatic heterocycles. The second-order valence-corrected chi connectivity index (χ2v) is 7.42. The van der Waals surface area contributed by atoms with Gasteiger partial charge in [0.15, 0.2) is 4.34 Å². The number of hydrogen-bond donors (Lipinski definition) is 1. The summed E-state index contributed by atoms with van der Waals surface area (Å²) < 4.78 is 16.9. The lowest BCUT2D eigenvalue weighted by molar-refractivity contribution is 0.342. The maximum atomic E-state index is 5.71. The number of rotatable bonds is 9. The fourth-order valence-corrected chi connectivity index (χ4v) is 3.76. The normalized spacial score (nSPS) is 10.4. The molecule has 6 nitrogen and oxygen atoms in total. The van der Waals surface area contributed by atoms with Crippen molar-refractivity contribution in [3.05, 3.63) is 48.5 Å². The smallest absolute Gasteiger partial charge is 0.210 e. The minimum Gasteiger partial charge on any atom is -0.497 e. The Bertz CT molecular complexity index is 825. The molecule has 8 heteroatoms. The van der Waals surface area contributed by atoms with Crippen LogP contribution in [0.25, 0.3) is 0 Å². The largest absolute Gasteiger partial charge is 0.497 e. The summed E-state index contributed by atoms with van der Waals surface area (Å²) >= 11 is 3.13. The van der Waals surface area contributed by atoms with Gasteiger partial charge in [-0.25, -0.2) is 0 Å². The van der Waals surface area contributed by atoms with Crippen molar-refractivity contribution >= 4 is 33.9 Å². The molecular weight excluding hydrogens is 370 g/mol. The topological polar surface area (TPSA) is 65.5 Å². The quantitative estimate of drug-likeness (QED) is 0.428. The van der Waals surface area contributed by atoms with E-state index in [1.54, 1.807) is 26.0 Å². The number of aromatic nitrogens is 2. The molecule has 3 aromatic rings. The van der Waals surface area contributed by atoms with Crippen molar-refractivity contribution in [3.8, 4) is 17.2 Å². The Morgan fingerprint density at radius 3 is 2.50 bits per heavy atom.